The number of hydrogen-bond donors (Lipinski definition) is 3. The maximum atomic E-state index is 14.3. The Hall–Kier alpha value is -2.91. The Balaban J connectivity index is 1.52. The lowest BCUT2D eigenvalue weighted by atomic mass is 9.83. The van der Waals surface area contributed by atoms with Crippen molar-refractivity contribution in [3.05, 3.63) is 12.7 Å². The van der Waals surface area contributed by atoms with Gasteiger partial charge in [-0.15, -0.1) is 6.58 Å². The van der Waals surface area contributed by atoms with E-state index >= 15 is 0 Å². The molecule has 1 saturated heterocycles. The minimum absolute atomic E-state index is 0.0297. The summed E-state index contributed by atoms with van der Waals surface area (Å²) in [5.41, 5.74) is -0.129. The van der Waals surface area contributed by atoms with Crippen molar-refractivity contribution in [2.75, 3.05) is 13.1 Å². The van der Waals surface area contributed by atoms with Crippen molar-refractivity contribution in [1.82, 2.24) is 20.9 Å². The number of carbonyl (C=O) groups is 5. The van der Waals surface area contributed by atoms with E-state index in [0.717, 1.165) is 51.4 Å². The molecule has 0 aromatic heterocycles. The third-order valence-electron chi connectivity index (χ3n) is 10.2. The van der Waals surface area contributed by atoms with Gasteiger partial charge in [-0.25, -0.2) is 4.79 Å². The summed E-state index contributed by atoms with van der Waals surface area (Å²) in [7, 11) is 0. The molecule has 3 N–H and O–H groups in total. The van der Waals surface area contributed by atoms with Gasteiger partial charge in [-0.2, -0.15) is 0 Å². The molecule has 42 heavy (non-hydrogen) atoms. The van der Waals surface area contributed by atoms with E-state index in [9.17, 15) is 24.0 Å². The van der Waals surface area contributed by atoms with E-state index in [-0.39, 0.29) is 41.7 Å². The molecule has 0 radical (unpaired) electrons. The van der Waals surface area contributed by atoms with Gasteiger partial charge in [-0.1, -0.05) is 59.5 Å². The second kappa shape index (κ2) is 13.6. The smallest absolute Gasteiger partial charge is 0.408 e. The average molecular weight is 587 g/mol. The van der Waals surface area contributed by atoms with Crippen LogP contribution < -0.4 is 16.0 Å². The van der Waals surface area contributed by atoms with Crippen molar-refractivity contribution in [3.8, 4) is 0 Å². The van der Waals surface area contributed by atoms with E-state index in [1.54, 1.807) is 4.90 Å². The van der Waals surface area contributed by atoms with Gasteiger partial charge >= 0.3 is 6.09 Å². The number of Topliss-reactive ketones (excluding diaryl/α,β-unsaturated/α-hetero) is 1. The van der Waals surface area contributed by atoms with Gasteiger partial charge in [0.25, 0.3) is 5.91 Å². The molecule has 0 aromatic carbocycles. The highest BCUT2D eigenvalue weighted by Gasteiger charge is 2.69. The van der Waals surface area contributed by atoms with E-state index in [4.69, 9.17) is 4.74 Å². The number of rotatable bonds is 12. The number of ether oxygens (including phenoxy) is 1. The molecule has 1 aliphatic heterocycles. The topological polar surface area (TPSA) is 134 Å². The first-order valence-electron chi connectivity index (χ1n) is 16.0. The van der Waals surface area contributed by atoms with Crippen molar-refractivity contribution >= 4 is 29.6 Å². The van der Waals surface area contributed by atoms with Crippen molar-refractivity contribution in [2.24, 2.45) is 29.1 Å². The number of carbonyl (C=O) groups excluding carboxylic acids is 5. The van der Waals surface area contributed by atoms with E-state index < -0.39 is 41.8 Å². The standard InChI is InChI=1S/C32H50N4O6/c1-6-11-23(27(37)29(39)33-16-7-2)34-28(38)26-24-22(32(24,4)5)18-36(26)30(40)25(20-12-9-8-10-13-20)35-31(41)42-21-15-14-19(3)17-21/h7,19-26H,2,6,8-18H2,1,3-5H3,(H,33,39)(H,34,38)(H,35,41)/t19?,21?,22?,23?,24-,25-,26-/m0/s1. The molecule has 4 rings (SSSR count). The predicted octanol–water partition coefficient (Wildman–Crippen LogP) is 3.49. The van der Waals surface area contributed by atoms with Gasteiger partial charge in [-0.3, -0.25) is 19.2 Å². The number of alkyl carbamates (subject to hydrolysis) is 1. The molecule has 4 amide bonds. The van der Waals surface area contributed by atoms with Crippen LogP contribution in [0.25, 0.3) is 0 Å². The van der Waals surface area contributed by atoms with Gasteiger partial charge in [0.05, 0.1) is 6.04 Å². The minimum atomic E-state index is -0.985. The number of hydrogen-bond acceptors (Lipinski definition) is 6. The van der Waals surface area contributed by atoms with Crippen molar-refractivity contribution in [2.45, 2.75) is 116 Å². The van der Waals surface area contributed by atoms with Crippen molar-refractivity contribution in [3.63, 3.8) is 0 Å². The summed E-state index contributed by atoms with van der Waals surface area (Å²) in [5.74, 6) is -1.60. The van der Waals surface area contributed by atoms with Gasteiger partial charge < -0.3 is 25.6 Å². The Kier molecular flexibility index (Phi) is 10.4. The number of ketones is 1. The molecule has 10 nitrogen and oxygen atoms in total. The molecule has 0 spiro atoms. The number of fused-ring (bicyclic) bond motifs is 1. The monoisotopic (exact) mass is 586 g/mol. The van der Waals surface area contributed by atoms with Gasteiger partial charge in [-0.05, 0) is 67.6 Å². The summed E-state index contributed by atoms with van der Waals surface area (Å²) in [5, 5.41) is 8.25. The number of amides is 4. The molecule has 3 aliphatic carbocycles. The molecule has 1 heterocycles. The maximum Gasteiger partial charge on any atom is 0.408 e. The van der Waals surface area contributed by atoms with Crippen LogP contribution in [-0.2, 0) is 23.9 Å². The van der Waals surface area contributed by atoms with Crippen LogP contribution in [0.5, 0.6) is 0 Å². The number of nitrogens with one attached hydrogen (secondary N) is 3. The average Bonchev–Trinajstić information content (AvgIpc) is 3.30. The fourth-order valence-electron chi connectivity index (χ4n) is 7.64. The van der Waals surface area contributed by atoms with Crippen LogP contribution in [0, 0.1) is 29.1 Å². The third kappa shape index (κ3) is 7.00. The Morgan fingerprint density at radius 2 is 1.76 bits per heavy atom. The Morgan fingerprint density at radius 1 is 1.05 bits per heavy atom. The molecule has 10 heteroatoms. The second-order valence-electron chi connectivity index (χ2n) is 13.6. The van der Waals surface area contributed by atoms with Crippen molar-refractivity contribution < 1.29 is 28.7 Å². The van der Waals surface area contributed by atoms with Gasteiger partial charge in [0.1, 0.15) is 18.2 Å². The zero-order valence-corrected chi connectivity index (χ0v) is 25.8. The third-order valence-corrected chi connectivity index (χ3v) is 10.2. The quantitative estimate of drug-likeness (QED) is 0.237. The van der Waals surface area contributed by atoms with Crippen molar-refractivity contribution in [1.29, 1.82) is 0 Å². The van der Waals surface area contributed by atoms with Crippen LogP contribution in [0.3, 0.4) is 0 Å². The normalized spacial score (nSPS) is 29.5. The van der Waals surface area contributed by atoms with Gasteiger partial charge in [0, 0.05) is 13.1 Å². The lowest BCUT2D eigenvalue weighted by Crippen LogP contribution is -2.59. The fourth-order valence-corrected chi connectivity index (χ4v) is 7.64. The Morgan fingerprint density at radius 3 is 2.38 bits per heavy atom. The molecule has 0 aromatic rings. The van der Waals surface area contributed by atoms with Crippen LogP contribution >= 0.6 is 0 Å². The van der Waals surface area contributed by atoms with Gasteiger partial charge in [0.2, 0.25) is 17.6 Å². The molecule has 0 bridgehead atoms. The summed E-state index contributed by atoms with van der Waals surface area (Å²) in [6, 6.07) is -2.54. The summed E-state index contributed by atoms with van der Waals surface area (Å²) in [6.07, 6.45) is 9.07. The summed E-state index contributed by atoms with van der Waals surface area (Å²) in [6.45, 7) is 12.3. The Bertz CT molecular complexity index is 1050. The van der Waals surface area contributed by atoms with Crippen LogP contribution in [-0.4, -0.2) is 71.8 Å². The first-order valence-corrected chi connectivity index (χ1v) is 16.0. The van der Waals surface area contributed by atoms with Crippen LogP contribution in [0.2, 0.25) is 0 Å². The highest BCUT2D eigenvalue weighted by molar-refractivity contribution is 6.38. The maximum absolute atomic E-state index is 14.3. The number of likely N-dealkylation sites (tertiary alicyclic amines) is 1. The molecule has 4 unspecified atom stereocenters. The predicted molar refractivity (Wildman–Crippen MR) is 158 cm³/mol. The zero-order chi connectivity index (χ0) is 30.6. The molecular formula is C32H50N4O6. The molecule has 234 valence electrons. The summed E-state index contributed by atoms with van der Waals surface area (Å²) >= 11 is 0. The first-order chi connectivity index (χ1) is 20.0. The minimum Gasteiger partial charge on any atom is -0.446 e. The SMILES string of the molecule is C=CCNC(=O)C(=O)C(CCC)NC(=O)[C@@H]1[C@@H]2C(CN1C(=O)[C@@H](NC(=O)OC1CCC(C)C1)C1CCCCC1)C2(C)C. The first kappa shape index (κ1) is 32.0. The summed E-state index contributed by atoms with van der Waals surface area (Å²) < 4.78 is 5.73. The molecule has 7 atom stereocenters. The van der Waals surface area contributed by atoms with Crippen LogP contribution in [0.15, 0.2) is 12.7 Å². The van der Waals surface area contributed by atoms with E-state index in [2.05, 4.69) is 43.3 Å². The highest BCUT2D eigenvalue weighted by Crippen LogP contribution is 2.65. The van der Waals surface area contributed by atoms with Gasteiger partial charge in [0.15, 0.2) is 0 Å². The molecule has 3 saturated carbocycles. The van der Waals surface area contributed by atoms with Crippen LogP contribution in [0.1, 0.15) is 91.9 Å². The fraction of sp³-hybridized carbons (Fsp3) is 0.781. The largest absolute Gasteiger partial charge is 0.446 e. The Labute approximate surface area is 250 Å². The van der Waals surface area contributed by atoms with Crippen LogP contribution in [0.4, 0.5) is 4.79 Å². The lowest BCUT2D eigenvalue weighted by Gasteiger charge is -2.37. The molecule has 4 aliphatic rings. The molecular weight excluding hydrogens is 536 g/mol. The van der Waals surface area contributed by atoms with E-state index in [1.807, 2.05) is 6.92 Å². The number of nitrogens with zero attached hydrogens (tertiary/aromatic N) is 1. The zero-order valence-electron chi connectivity index (χ0n) is 25.8. The molecule has 4 fully saturated rings. The summed E-state index contributed by atoms with van der Waals surface area (Å²) in [4.78, 5) is 68.1. The highest BCUT2D eigenvalue weighted by atomic mass is 16.6. The van der Waals surface area contributed by atoms with E-state index in [0.29, 0.717) is 25.3 Å². The number of piperidine rings is 1. The van der Waals surface area contributed by atoms with E-state index in [1.165, 1.54) is 6.08 Å². The second-order valence-corrected chi connectivity index (χ2v) is 13.6. The lowest BCUT2D eigenvalue weighted by molar-refractivity contribution is -0.145.